The van der Waals surface area contributed by atoms with Crippen molar-refractivity contribution in [3.8, 4) is 22.8 Å². The van der Waals surface area contributed by atoms with E-state index in [1.165, 1.54) is 11.3 Å². The molecule has 0 aliphatic carbocycles. The number of amides is 1. The van der Waals surface area contributed by atoms with Gasteiger partial charge >= 0.3 is 0 Å². The van der Waals surface area contributed by atoms with Crippen molar-refractivity contribution in [3.63, 3.8) is 0 Å². The van der Waals surface area contributed by atoms with Gasteiger partial charge in [0.15, 0.2) is 16.6 Å². The Bertz CT molecular complexity index is 663. The van der Waals surface area contributed by atoms with E-state index in [1.807, 2.05) is 23.6 Å². The quantitative estimate of drug-likeness (QED) is 0.891. The van der Waals surface area contributed by atoms with Crippen molar-refractivity contribution in [2.75, 3.05) is 25.1 Å². The summed E-state index contributed by atoms with van der Waals surface area (Å²) in [4.78, 5) is 15.9. The summed E-state index contributed by atoms with van der Waals surface area (Å²) < 4.78 is 11.0. The van der Waals surface area contributed by atoms with Crippen LogP contribution in [0.4, 0.5) is 5.13 Å². The summed E-state index contributed by atoms with van der Waals surface area (Å²) in [6, 6.07) is 5.69. The van der Waals surface area contributed by atoms with Crippen LogP contribution in [0, 0.1) is 0 Å². The number of ether oxygens (including phenoxy) is 2. The number of anilines is 1. The molecule has 1 aromatic carbocycles. The number of halogens is 1. The Morgan fingerprint density at radius 1 is 1.32 bits per heavy atom. The molecule has 8 heteroatoms. The van der Waals surface area contributed by atoms with Crippen molar-refractivity contribution in [2.45, 2.75) is 6.42 Å². The molecule has 1 aliphatic heterocycles. The maximum atomic E-state index is 11.5. The number of nitrogens with one attached hydrogen (secondary N) is 1. The van der Waals surface area contributed by atoms with Crippen LogP contribution in [-0.4, -0.2) is 30.6 Å². The SMILES string of the molecule is Cl.NCCC(=O)Nc1nc(-c2ccc3c(c2)OCCO3)cs1. The normalized spacial score (nSPS) is 12.4. The van der Waals surface area contributed by atoms with Gasteiger partial charge in [0, 0.05) is 23.9 Å². The molecular weight excluding hydrogens is 326 g/mol. The number of hydrogen-bond donors (Lipinski definition) is 2. The van der Waals surface area contributed by atoms with E-state index in [0.717, 1.165) is 22.8 Å². The minimum Gasteiger partial charge on any atom is -0.486 e. The van der Waals surface area contributed by atoms with E-state index in [0.29, 0.717) is 31.3 Å². The van der Waals surface area contributed by atoms with E-state index in [1.54, 1.807) is 0 Å². The van der Waals surface area contributed by atoms with Crippen LogP contribution < -0.4 is 20.5 Å². The number of benzene rings is 1. The number of carbonyl (C=O) groups excluding carboxylic acids is 1. The van der Waals surface area contributed by atoms with E-state index in [2.05, 4.69) is 10.3 Å². The highest BCUT2D eigenvalue weighted by molar-refractivity contribution is 7.14. The predicted octanol–water partition coefficient (Wildman–Crippen LogP) is 2.29. The summed E-state index contributed by atoms with van der Waals surface area (Å²) in [6.07, 6.45) is 0.291. The lowest BCUT2D eigenvalue weighted by Gasteiger charge is -2.18. The molecule has 3 N–H and O–H groups in total. The molecule has 1 aromatic heterocycles. The maximum absolute atomic E-state index is 11.5. The van der Waals surface area contributed by atoms with Gasteiger partial charge in [0.25, 0.3) is 0 Å². The highest BCUT2D eigenvalue weighted by Gasteiger charge is 2.14. The summed E-state index contributed by atoms with van der Waals surface area (Å²) in [5.41, 5.74) is 7.06. The number of aromatic nitrogens is 1. The van der Waals surface area contributed by atoms with Gasteiger partial charge in [-0.1, -0.05) is 0 Å². The van der Waals surface area contributed by atoms with Crippen molar-refractivity contribution in [2.24, 2.45) is 5.73 Å². The topological polar surface area (TPSA) is 86.5 Å². The first-order valence-corrected chi connectivity index (χ1v) is 7.49. The van der Waals surface area contributed by atoms with E-state index in [9.17, 15) is 4.79 Å². The van der Waals surface area contributed by atoms with Gasteiger partial charge in [0.2, 0.25) is 5.91 Å². The first-order valence-electron chi connectivity index (χ1n) is 6.62. The smallest absolute Gasteiger partial charge is 0.227 e. The van der Waals surface area contributed by atoms with Crippen molar-refractivity contribution < 1.29 is 14.3 Å². The van der Waals surface area contributed by atoms with E-state index >= 15 is 0 Å². The van der Waals surface area contributed by atoms with Crippen LogP contribution in [-0.2, 0) is 4.79 Å². The summed E-state index contributed by atoms with van der Waals surface area (Å²) in [6.45, 7) is 1.44. The molecule has 2 aromatic rings. The second-order valence-corrected chi connectivity index (χ2v) is 5.34. The van der Waals surface area contributed by atoms with E-state index in [4.69, 9.17) is 15.2 Å². The average Bonchev–Trinajstić information content (AvgIpc) is 2.95. The van der Waals surface area contributed by atoms with Gasteiger partial charge in [-0.2, -0.15) is 0 Å². The number of fused-ring (bicyclic) bond motifs is 1. The van der Waals surface area contributed by atoms with Crippen LogP contribution in [0.25, 0.3) is 11.3 Å². The van der Waals surface area contributed by atoms with Crippen LogP contribution in [0.5, 0.6) is 11.5 Å². The highest BCUT2D eigenvalue weighted by atomic mass is 35.5. The number of carbonyl (C=O) groups is 1. The van der Waals surface area contributed by atoms with Crippen LogP contribution in [0.3, 0.4) is 0 Å². The molecule has 3 rings (SSSR count). The fraction of sp³-hybridized carbons (Fsp3) is 0.286. The maximum Gasteiger partial charge on any atom is 0.227 e. The zero-order valence-corrected chi connectivity index (χ0v) is 13.3. The van der Waals surface area contributed by atoms with Gasteiger partial charge in [-0.25, -0.2) is 4.98 Å². The second-order valence-electron chi connectivity index (χ2n) is 4.48. The third kappa shape index (κ3) is 3.68. The highest BCUT2D eigenvalue weighted by Crippen LogP contribution is 2.35. The van der Waals surface area contributed by atoms with Gasteiger partial charge in [0.1, 0.15) is 13.2 Å². The van der Waals surface area contributed by atoms with Crippen LogP contribution in [0.1, 0.15) is 6.42 Å². The number of hydrogen-bond acceptors (Lipinski definition) is 6. The van der Waals surface area contributed by atoms with Crippen molar-refractivity contribution >= 4 is 34.8 Å². The van der Waals surface area contributed by atoms with Crippen LogP contribution in [0.15, 0.2) is 23.6 Å². The summed E-state index contributed by atoms with van der Waals surface area (Å²) in [5, 5.41) is 5.19. The zero-order chi connectivity index (χ0) is 14.7. The number of rotatable bonds is 4. The van der Waals surface area contributed by atoms with Crippen LogP contribution >= 0.6 is 23.7 Å². The van der Waals surface area contributed by atoms with Gasteiger partial charge < -0.3 is 20.5 Å². The molecule has 6 nitrogen and oxygen atoms in total. The first-order chi connectivity index (χ1) is 10.3. The van der Waals surface area contributed by atoms with E-state index < -0.39 is 0 Å². The Morgan fingerprint density at radius 2 is 2.09 bits per heavy atom. The molecule has 118 valence electrons. The van der Waals surface area contributed by atoms with Gasteiger partial charge in [-0.3, -0.25) is 4.79 Å². The minimum absolute atomic E-state index is 0. The fourth-order valence-corrected chi connectivity index (χ4v) is 2.72. The Balaban J connectivity index is 0.00000176. The Kier molecular flexibility index (Phi) is 5.59. The largest absolute Gasteiger partial charge is 0.486 e. The lowest BCUT2D eigenvalue weighted by molar-refractivity contribution is -0.116. The molecule has 0 radical (unpaired) electrons. The molecular formula is C14H16ClN3O3S. The van der Waals surface area contributed by atoms with Gasteiger partial charge in [0.05, 0.1) is 5.69 Å². The third-order valence-electron chi connectivity index (χ3n) is 2.96. The van der Waals surface area contributed by atoms with E-state index in [-0.39, 0.29) is 18.3 Å². The van der Waals surface area contributed by atoms with Crippen molar-refractivity contribution in [3.05, 3.63) is 23.6 Å². The monoisotopic (exact) mass is 341 g/mol. The van der Waals surface area contributed by atoms with Gasteiger partial charge in [-0.05, 0) is 18.2 Å². The predicted molar refractivity (Wildman–Crippen MR) is 88.1 cm³/mol. The van der Waals surface area contributed by atoms with Crippen LogP contribution in [0.2, 0.25) is 0 Å². The first kappa shape index (κ1) is 16.5. The molecule has 2 heterocycles. The number of nitrogens with two attached hydrogens (primary N) is 1. The average molecular weight is 342 g/mol. The second kappa shape index (κ2) is 7.44. The third-order valence-corrected chi connectivity index (χ3v) is 3.72. The number of nitrogens with zero attached hydrogens (tertiary/aromatic N) is 1. The molecule has 0 spiro atoms. The molecule has 1 aliphatic rings. The standard InChI is InChI=1S/C14H15N3O3S.ClH/c15-4-3-13(18)17-14-16-10(8-21-14)9-1-2-11-12(7-9)20-6-5-19-11;/h1-2,7-8H,3-6,15H2,(H,16,17,18);1H. The summed E-state index contributed by atoms with van der Waals surface area (Å²) in [5.74, 6) is 1.35. The lowest BCUT2D eigenvalue weighted by Crippen LogP contribution is -2.16. The summed E-state index contributed by atoms with van der Waals surface area (Å²) in [7, 11) is 0. The molecule has 0 fully saturated rings. The Labute approximate surface area is 138 Å². The molecule has 22 heavy (non-hydrogen) atoms. The molecule has 0 saturated heterocycles. The van der Waals surface area contributed by atoms with Crippen molar-refractivity contribution in [1.29, 1.82) is 0 Å². The van der Waals surface area contributed by atoms with Gasteiger partial charge in [-0.15, -0.1) is 23.7 Å². The molecule has 0 bridgehead atoms. The van der Waals surface area contributed by atoms with Crippen molar-refractivity contribution in [1.82, 2.24) is 4.98 Å². The number of thiazole rings is 1. The summed E-state index contributed by atoms with van der Waals surface area (Å²) >= 11 is 1.38. The Hall–Kier alpha value is -1.83. The fourth-order valence-electron chi connectivity index (χ4n) is 1.98. The zero-order valence-electron chi connectivity index (χ0n) is 11.7. The molecule has 0 atom stereocenters. The Morgan fingerprint density at radius 3 is 2.86 bits per heavy atom. The molecule has 0 saturated carbocycles. The molecule has 0 unspecified atom stereocenters. The minimum atomic E-state index is -0.124. The lowest BCUT2D eigenvalue weighted by atomic mass is 10.1. The molecule has 1 amide bonds.